The summed E-state index contributed by atoms with van der Waals surface area (Å²) in [5.74, 6) is 1.79. The largest absolute Gasteiger partial charge is 0.393 e. The molecular weight excluding hydrogens is 308 g/mol. The van der Waals surface area contributed by atoms with E-state index in [4.69, 9.17) is 4.74 Å². The van der Waals surface area contributed by atoms with Crippen LogP contribution in [0.5, 0.6) is 0 Å². The van der Waals surface area contributed by atoms with Crippen LogP contribution < -0.4 is 0 Å². The Morgan fingerprint density at radius 2 is 1.80 bits per heavy atom. The van der Waals surface area contributed by atoms with Gasteiger partial charge in [0.05, 0.1) is 12.7 Å². The maximum absolute atomic E-state index is 10.4. The Labute approximate surface area is 155 Å². The molecule has 2 heteroatoms. The van der Waals surface area contributed by atoms with Gasteiger partial charge in [-0.25, -0.2) is 0 Å². The minimum Gasteiger partial charge on any atom is -0.393 e. The highest BCUT2D eigenvalue weighted by Gasteiger charge is 2.52. The Balaban J connectivity index is 1.49. The Morgan fingerprint density at radius 1 is 1.08 bits per heavy atom. The van der Waals surface area contributed by atoms with Crippen LogP contribution in [0.1, 0.15) is 85.0 Å². The van der Waals surface area contributed by atoms with E-state index in [9.17, 15) is 5.11 Å². The highest BCUT2D eigenvalue weighted by Crippen LogP contribution is 2.57. The fourth-order valence-corrected chi connectivity index (χ4v) is 6.47. The summed E-state index contributed by atoms with van der Waals surface area (Å²) in [4.78, 5) is 0. The topological polar surface area (TPSA) is 29.5 Å². The first-order valence-electron chi connectivity index (χ1n) is 10.8. The van der Waals surface area contributed by atoms with Gasteiger partial charge in [0.1, 0.15) is 0 Å². The van der Waals surface area contributed by atoms with Crippen LogP contribution in [0.15, 0.2) is 12.2 Å². The average Bonchev–Trinajstić information content (AvgIpc) is 2.94. The summed E-state index contributed by atoms with van der Waals surface area (Å²) in [5, 5.41) is 10.4. The van der Waals surface area contributed by atoms with E-state index in [2.05, 4.69) is 27.4 Å². The van der Waals surface area contributed by atoms with E-state index in [1.807, 2.05) is 0 Å². The molecule has 3 fully saturated rings. The Hall–Kier alpha value is -0.340. The van der Waals surface area contributed by atoms with Crippen molar-refractivity contribution in [1.82, 2.24) is 0 Å². The lowest BCUT2D eigenvalue weighted by atomic mass is 9.62. The fourth-order valence-electron chi connectivity index (χ4n) is 6.47. The summed E-state index contributed by atoms with van der Waals surface area (Å²) in [7, 11) is 0. The second kappa shape index (κ2) is 7.72. The standard InChI is InChI=1S/C23H40O2/c1-17(15-25-16-18(2)22(3)12-6-5-7-13-22)19-10-11-20-21(24)9-8-14-23(19,20)4/h17,19-21,24H,2,5-16H2,1,3-4H3/t17-,19-,20+,21+,23-/m1/s1. The maximum Gasteiger partial charge on any atom is 0.0679 e. The first-order chi connectivity index (χ1) is 11.9. The van der Waals surface area contributed by atoms with Gasteiger partial charge < -0.3 is 9.84 Å². The summed E-state index contributed by atoms with van der Waals surface area (Å²) in [6.07, 6.45) is 12.5. The molecule has 0 aromatic carbocycles. The highest BCUT2D eigenvalue weighted by atomic mass is 16.5. The molecule has 1 N–H and O–H groups in total. The Bertz CT molecular complexity index is 465. The minimum atomic E-state index is -0.0668. The third-order valence-electron chi connectivity index (χ3n) is 8.32. The number of hydrogen-bond donors (Lipinski definition) is 1. The SMILES string of the molecule is C=C(COC[C@@H](C)[C@H]1CC[C@H]2[C@@H](O)CCC[C@]12C)C1(C)CCCCC1. The second-order valence-electron chi connectivity index (χ2n) is 9.97. The van der Waals surface area contributed by atoms with E-state index < -0.39 is 0 Å². The van der Waals surface area contributed by atoms with Crippen molar-refractivity contribution in [1.29, 1.82) is 0 Å². The van der Waals surface area contributed by atoms with E-state index in [1.165, 1.54) is 63.4 Å². The van der Waals surface area contributed by atoms with Crippen LogP contribution in [-0.2, 0) is 4.74 Å². The van der Waals surface area contributed by atoms with Crippen molar-refractivity contribution in [2.75, 3.05) is 13.2 Å². The van der Waals surface area contributed by atoms with Crippen molar-refractivity contribution in [2.45, 2.75) is 91.1 Å². The number of ether oxygens (including phenoxy) is 1. The van der Waals surface area contributed by atoms with Crippen LogP contribution in [0.4, 0.5) is 0 Å². The molecule has 0 aliphatic heterocycles. The summed E-state index contributed by atoms with van der Waals surface area (Å²) in [5.41, 5.74) is 1.94. The molecule has 144 valence electrons. The molecule has 25 heavy (non-hydrogen) atoms. The molecule has 0 aromatic rings. The molecule has 0 radical (unpaired) electrons. The van der Waals surface area contributed by atoms with Gasteiger partial charge in [0.25, 0.3) is 0 Å². The van der Waals surface area contributed by atoms with Gasteiger partial charge in [-0.3, -0.25) is 0 Å². The van der Waals surface area contributed by atoms with Crippen LogP contribution in [-0.4, -0.2) is 24.4 Å². The summed E-state index contributed by atoms with van der Waals surface area (Å²) in [6, 6.07) is 0. The van der Waals surface area contributed by atoms with Gasteiger partial charge >= 0.3 is 0 Å². The number of fused-ring (bicyclic) bond motifs is 1. The van der Waals surface area contributed by atoms with E-state index in [1.54, 1.807) is 0 Å². The predicted octanol–water partition coefficient (Wildman–Crippen LogP) is 5.74. The van der Waals surface area contributed by atoms with Crippen molar-refractivity contribution in [2.24, 2.45) is 28.6 Å². The first-order valence-corrected chi connectivity index (χ1v) is 10.8. The zero-order valence-electron chi connectivity index (χ0n) is 16.9. The van der Waals surface area contributed by atoms with Crippen LogP contribution in [0, 0.1) is 28.6 Å². The Morgan fingerprint density at radius 3 is 2.52 bits per heavy atom. The molecular formula is C23H40O2. The van der Waals surface area contributed by atoms with Crippen LogP contribution in [0.25, 0.3) is 0 Å². The smallest absolute Gasteiger partial charge is 0.0679 e. The molecule has 0 heterocycles. The monoisotopic (exact) mass is 348 g/mol. The molecule has 0 saturated heterocycles. The molecule has 5 atom stereocenters. The molecule has 0 aromatic heterocycles. The number of rotatable bonds is 6. The van der Waals surface area contributed by atoms with Gasteiger partial charge in [-0.1, -0.05) is 53.0 Å². The van der Waals surface area contributed by atoms with Crippen LogP contribution in [0.3, 0.4) is 0 Å². The number of aliphatic hydroxyl groups is 1. The van der Waals surface area contributed by atoms with Gasteiger partial charge in [0, 0.05) is 6.61 Å². The summed E-state index contributed by atoms with van der Waals surface area (Å²) in [6.45, 7) is 13.1. The van der Waals surface area contributed by atoms with Crippen LogP contribution in [0.2, 0.25) is 0 Å². The molecule has 0 amide bonds. The normalized spacial score (nSPS) is 39.0. The van der Waals surface area contributed by atoms with Gasteiger partial charge in [-0.15, -0.1) is 0 Å². The van der Waals surface area contributed by atoms with Crippen molar-refractivity contribution in [3.63, 3.8) is 0 Å². The molecule has 3 saturated carbocycles. The van der Waals surface area contributed by atoms with E-state index >= 15 is 0 Å². The van der Waals surface area contributed by atoms with Crippen molar-refractivity contribution >= 4 is 0 Å². The van der Waals surface area contributed by atoms with E-state index in [-0.39, 0.29) is 6.10 Å². The van der Waals surface area contributed by atoms with Crippen molar-refractivity contribution in [3.05, 3.63) is 12.2 Å². The van der Waals surface area contributed by atoms with Gasteiger partial charge in [0.15, 0.2) is 0 Å². The molecule has 2 nitrogen and oxygen atoms in total. The predicted molar refractivity (Wildman–Crippen MR) is 104 cm³/mol. The minimum absolute atomic E-state index is 0.0668. The lowest BCUT2D eigenvalue weighted by Crippen LogP contribution is -2.42. The molecule has 3 aliphatic rings. The van der Waals surface area contributed by atoms with Crippen molar-refractivity contribution in [3.8, 4) is 0 Å². The van der Waals surface area contributed by atoms with Gasteiger partial charge in [-0.05, 0) is 72.7 Å². The maximum atomic E-state index is 10.4. The molecule has 3 aliphatic carbocycles. The zero-order chi connectivity index (χ0) is 18.1. The lowest BCUT2D eigenvalue weighted by molar-refractivity contribution is -0.0368. The highest BCUT2D eigenvalue weighted by molar-refractivity contribution is 5.10. The summed E-state index contributed by atoms with van der Waals surface area (Å²) >= 11 is 0. The lowest BCUT2D eigenvalue weighted by Gasteiger charge is -2.45. The van der Waals surface area contributed by atoms with Crippen molar-refractivity contribution < 1.29 is 9.84 Å². The first kappa shape index (κ1) is 19.4. The molecule has 0 unspecified atom stereocenters. The molecule has 0 spiro atoms. The van der Waals surface area contributed by atoms with E-state index in [0.29, 0.717) is 28.6 Å². The van der Waals surface area contributed by atoms with Gasteiger partial charge in [0.2, 0.25) is 0 Å². The van der Waals surface area contributed by atoms with E-state index in [0.717, 1.165) is 19.6 Å². The van der Waals surface area contributed by atoms with Gasteiger partial charge in [-0.2, -0.15) is 0 Å². The number of hydrogen-bond acceptors (Lipinski definition) is 2. The third kappa shape index (κ3) is 3.86. The zero-order valence-corrected chi connectivity index (χ0v) is 16.9. The Kier molecular flexibility index (Phi) is 6.00. The summed E-state index contributed by atoms with van der Waals surface area (Å²) < 4.78 is 6.18. The number of aliphatic hydroxyl groups excluding tert-OH is 1. The quantitative estimate of drug-likeness (QED) is 0.620. The molecule has 3 rings (SSSR count). The van der Waals surface area contributed by atoms with Crippen LogP contribution >= 0.6 is 0 Å². The third-order valence-corrected chi connectivity index (χ3v) is 8.32. The molecule has 0 bridgehead atoms. The second-order valence-corrected chi connectivity index (χ2v) is 9.97. The fraction of sp³-hybridized carbons (Fsp3) is 0.913. The average molecular weight is 349 g/mol.